The molecule has 0 aromatic rings. The van der Waals surface area contributed by atoms with Crippen molar-refractivity contribution in [1.29, 1.82) is 0 Å². The zero-order valence-electron chi connectivity index (χ0n) is 9.26. The molecule has 0 spiro atoms. The predicted octanol–water partition coefficient (Wildman–Crippen LogP) is -1.61. The Morgan fingerprint density at radius 1 is 1.29 bits per heavy atom. The van der Waals surface area contributed by atoms with Crippen molar-refractivity contribution in [3.8, 4) is 0 Å². The van der Waals surface area contributed by atoms with Crippen LogP contribution in [-0.4, -0.2) is 31.1 Å². The topological polar surface area (TPSA) is 4.44 Å². The number of halogens is 1. The van der Waals surface area contributed by atoms with Gasteiger partial charge in [0.25, 0.3) is 0 Å². The van der Waals surface area contributed by atoms with E-state index in [1.807, 2.05) is 23.9 Å². The van der Waals surface area contributed by atoms with Crippen LogP contribution in [0.4, 0.5) is 0 Å². The minimum absolute atomic E-state index is 0. The lowest BCUT2D eigenvalue weighted by molar-refractivity contribution is -0.912. The normalized spacial score (nSPS) is 11.9. The first-order valence-electron chi connectivity index (χ1n) is 4.81. The van der Waals surface area contributed by atoms with Crippen molar-refractivity contribution in [2.45, 2.75) is 19.4 Å². The van der Waals surface area contributed by atoms with Gasteiger partial charge in [0.2, 0.25) is 0 Å². The lowest BCUT2D eigenvalue weighted by atomic mass is 10.2. The lowest BCUT2D eigenvalue weighted by Crippen LogP contribution is -3.15. The van der Waals surface area contributed by atoms with Crippen molar-refractivity contribution in [2.24, 2.45) is 0 Å². The fraction of sp³-hybridized carbons (Fsp3) is 0.636. The summed E-state index contributed by atoms with van der Waals surface area (Å²) in [5, 5.41) is 0. The summed E-state index contributed by atoms with van der Waals surface area (Å²) in [6, 6.07) is 0.712. The third-order valence-corrected chi connectivity index (χ3v) is 2.91. The van der Waals surface area contributed by atoms with Crippen LogP contribution < -0.4 is 17.3 Å². The van der Waals surface area contributed by atoms with E-state index in [1.165, 1.54) is 12.2 Å². The van der Waals surface area contributed by atoms with E-state index in [1.54, 1.807) is 4.90 Å². The summed E-state index contributed by atoms with van der Waals surface area (Å²) in [6.07, 6.45) is 7.43. The highest BCUT2D eigenvalue weighted by Gasteiger charge is 2.13. The molecule has 0 amide bonds. The maximum atomic E-state index is 3.79. The van der Waals surface area contributed by atoms with Gasteiger partial charge in [-0.1, -0.05) is 13.2 Å². The largest absolute Gasteiger partial charge is 1.00 e. The maximum absolute atomic E-state index is 3.79. The van der Waals surface area contributed by atoms with Crippen LogP contribution in [0.3, 0.4) is 0 Å². The minimum atomic E-state index is 0. The van der Waals surface area contributed by atoms with Crippen LogP contribution in [0.15, 0.2) is 25.3 Å². The van der Waals surface area contributed by atoms with Gasteiger partial charge in [-0.15, -0.1) is 0 Å². The van der Waals surface area contributed by atoms with Gasteiger partial charge in [-0.3, -0.25) is 0 Å². The molecule has 1 N–H and O–H groups in total. The molecule has 84 valence electrons. The quantitative estimate of drug-likeness (QED) is 0.496. The predicted molar refractivity (Wildman–Crippen MR) is 63.6 cm³/mol. The van der Waals surface area contributed by atoms with E-state index in [4.69, 9.17) is 0 Å². The monoisotopic (exact) mass is 235 g/mol. The van der Waals surface area contributed by atoms with Crippen molar-refractivity contribution >= 4 is 11.8 Å². The maximum Gasteiger partial charge on any atom is 0.0959 e. The van der Waals surface area contributed by atoms with Crippen molar-refractivity contribution < 1.29 is 17.3 Å². The molecule has 0 fully saturated rings. The minimum Gasteiger partial charge on any atom is -1.00 e. The SMILES string of the molecule is C=CC[NH+](CC=C)C(C)CCSC.[Cl-]. The lowest BCUT2D eigenvalue weighted by Gasteiger charge is -2.23. The molecule has 0 aromatic carbocycles. The van der Waals surface area contributed by atoms with Gasteiger partial charge in [0, 0.05) is 6.42 Å². The van der Waals surface area contributed by atoms with Crippen LogP contribution in [0, 0.1) is 0 Å². The van der Waals surface area contributed by atoms with Crippen molar-refractivity contribution in [1.82, 2.24) is 0 Å². The fourth-order valence-corrected chi connectivity index (χ4v) is 1.94. The van der Waals surface area contributed by atoms with Crippen molar-refractivity contribution in [3.05, 3.63) is 25.3 Å². The Balaban J connectivity index is 0. The smallest absolute Gasteiger partial charge is 0.0959 e. The number of quaternary nitrogens is 1. The zero-order valence-corrected chi connectivity index (χ0v) is 10.8. The third kappa shape index (κ3) is 7.48. The van der Waals surface area contributed by atoms with Crippen LogP contribution >= 0.6 is 11.8 Å². The van der Waals surface area contributed by atoms with Gasteiger partial charge in [-0.25, -0.2) is 0 Å². The van der Waals surface area contributed by atoms with Gasteiger partial charge in [-0.05, 0) is 31.1 Å². The zero-order chi connectivity index (χ0) is 10.1. The van der Waals surface area contributed by atoms with E-state index in [9.17, 15) is 0 Å². The first-order chi connectivity index (χ1) is 6.26. The molecule has 1 unspecified atom stereocenters. The van der Waals surface area contributed by atoms with Crippen LogP contribution in [0.2, 0.25) is 0 Å². The summed E-state index contributed by atoms with van der Waals surface area (Å²) < 4.78 is 0. The molecular formula is C11H22ClNS. The van der Waals surface area contributed by atoms with Gasteiger partial charge in [0.15, 0.2) is 0 Å². The number of hydrogen-bond acceptors (Lipinski definition) is 1. The van der Waals surface area contributed by atoms with E-state index in [0.717, 1.165) is 13.1 Å². The first-order valence-corrected chi connectivity index (χ1v) is 6.21. The van der Waals surface area contributed by atoms with E-state index < -0.39 is 0 Å². The van der Waals surface area contributed by atoms with Crippen LogP contribution in [0.25, 0.3) is 0 Å². The molecule has 14 heavy (non-hydrogen) atoms. The van der Waals surface area contributed by atoms with Gasteiger partial charge in [0.1, 0.15) is 0 Å². The molecule has 0 saturated heterocycles. The molecule has 0 saturated carbocycles. The molecule has 0 rings (SSSR count). The Bertz CT molecular complexity index is 140. The third-order valence-electron chi connectivity index (χ3n) is 2.26. The summed E-state index contributed by atoms with van der Waals surface area (Å²) in [4.78, 5) is 1.57. The summed E-state index contributed by atoms with van der Waals surface area (Å²) in [7, 11) is 0. The van der Waals surface area contributed by atoms with E-state index in [2.05, 4.69) is 26.3 Å². The van der Waals surface area contributed by atoms with E-state index >= 15 is 0 Å². The van der Waals surface area contributed by atoms with Crippen LogP contribution in [-0.2, 0) is 0 Å². The molecule has 0 heterocycles. The number of rotatable bonds is 8. The summed E-state index contributed by atoms with van der Waals surface area (Å²) in [6.45, 7) is 12.0. The molecule has 0 radical (unpaired) electrons. The summed E-state index contributed by atoms with van der Waals surface area (Å²) in [5.74, 6) is 1.25. The van der Waals surface area contributed by atoms with Crippen LogP contribution in [0.5, 0.6) is 0 Å². The van der Waals surface area contributed by atoms with E-state index in [0.29, 0.717) is 6.04 Å². The highest BCUT2D eigenvalue weighted by Crippen LogP contribution is 1.97. The fourth-order valence-electron chi connectivity index (χ4n) is 1.36. The van der Waals surface area contributed by atoms with E-state index in [-0.39, 0.29) is 12.4 Å². The molecule has 0 aliphatic carbocycles. The van der Waals surface area contributed by atoms with Gasteiger partial charge in [-0.2, -0.15) is 11.8 Å². The number of nitrogens with one attached hydrogen (secondary N) is 1. The molecule has 1 nitrogen and oxygen atoms in total. The molecule has 3 heteroatoms. The molecule has 0 aliphatic heterocycles. The summed E-state index contributed by atoms with van der Waals surface area (Å²) in [5.41, 5.74) is 0. The molecule has 1 atom stereocenters. The molecule has 0 aliphatic rings. The first kappa shape index (κ1) is 16.5. The Hall–Kier alpha value is 0.0800. The Morgan fingerprint density at radius 2 is 1.79 bits per heavy atom. The second kappa shape index (κ2) is 11.2. The Kier molecular flexibility index (Phi) is 13.2. The van der Waals surface area contributed by atoms with Gasteiger partial charge in [0.05, 0.1) is 19.1 Å². The average molecular weight is 236 g/mol. The van der Waals surface area contributed by atoms with Gasteiger partial charge < -0.3 is 17.3 Å². The molecule has 0 aromatic heterocycles. The highest BCUT2D eigenvalue weighted by atomic mass is 35.5. The second-order valence-electron chi connectivity index (χ2n) is 3.33. The molecular weight excluding hydrogens is 214 g/mol. The Labute approximate surface area is 99.0 Å². The highest BCUT2D eigenvalue weighted by molar-refractivity contribution is 7.98. The molecule has 0 bridgehead atoms. The van der Waals surface area contributed by atoms with Crippen molar-refractivity contribution in [2.75, 3.05) is 25.1 Å². The van der Waals surface area contributed by atoms with Crippen molar-refractivity contribution in [3.63, 3.8) is 0 Å². The second-order valence-corrected chi connectivity index (χ2v) is 4.31. The summed E-state index contributed by atoms with van der Waals surface area (Å²) >= 11 is 1.92. The standard InChI is InChI=1S/C11H21NS.ClH/c1-5-8-12(9-6-2)11(3)7-10-13-4;/h5-6,11H,1-2,7-10H2,3-4H3;1H. The number of thioether (sulfide) groups is 1. The Morgan fingerprint density at radius 3 is 2.14 bits per heavy atom. The van der Waals surface area contributed by atoms with Gasteiger partial charge >= 0.3 is 0 Å². The van der Waals surface area contributed by atoms with Crippen LogP contribution in [0.1, 0.15) is 13.3 Å². The number of hydrogen-bond donors (Lipinski definition) is 1. The average Bonchev–Trinajstić information content (AvgIpc) is 2.14.